The van der Waals surface area contributed by atoms with Crippen LogP contribution in [0, 0.1) is 0 Å². The highest BCUT2D eigenvalue weighted by atomic mass is 15.1. The van der Waals surface area contributed by atoms with Crippen molar-refractivity contribution in [2.24, 2.45) is 0 Å². The van der Waals surface area contributed by atoms with Gasteiger partial charge in [-0.15, -0.1) is 0 Å². The van der Waals surface area contributed by atoms with Gasteiger partial charge >= 0.3 is 0 Å². The van der Waals surface area contributed by atoms with Crippen LogP contribution in [0.1, 0.15) is 11.1 Å². The van der Waals surface area contributed by atoms with Gasteiger partial charge in [-0.05, 0) is 77.2 Å². The first-order valence-electron chi connectivity index (χ1n) is 9.21. The predicted octanol–water partition coefficient (Wildman–Crippen LogP) is 6.31. The van der Waals surface area contributed by atoms with Crippen LogP contribution in [0.4, 0.5) is 22.7 Å². The average Bonchev–Trinajstić information content (AvgIpc) is 3.06. The van der Waals surface area contributed by atoms with Crippen LogP contribution in [0.25, 0.3) is 11.1 Å². The highest BCUT2D eigenvalue weighted by Gasteiger charge is 2.21. The first-order chi connectivity index (χ1) is 13.3. The Bertz CT molecular complexity index is 1060. The van der Waals surface area contributed by atoms with E-state index in [0.29, 0.717) is 0 Å². The summed E-state index contributed by atoms with van der Waals surface area (Å²) in [5.74, 6) is 0. The molecule has 2 heteroatoms. The van der Waals surface area contributed by atoms with Crippen molar-refractivity contribution in [3.05, 3.63) is 108 Å². The molecule has 5 rings (SSSR count). The lowest BCUT2D eigenvalue weighted by atomic mass is 10.0. The molecule has 4 aromatic carbocycles. The third kappa shape index (κ3) is 2.76. The SMILES string of the molecule is Nc1ccc2c(c1)Cc1cc(N(c3ccccc3)c3ccccc3)ccc1-2. The predicted molar refractivity (Wildman–Crippen MR) is 114 cm³/mol. The molecule has 0 aliphatic heterocycles. The quantitative estimate of drug-likeness (QED) is 0.387. The number of hydrogen-bond donors (Lipinski definition) is 1. The van der Waals surface area contributed by atoms with Crippen molar-refractivity contribution in [3.63, 3.8) is 0 Å². The Balaban J connectivity index is 1.62. The van der Waals surface area contributed by atoms with Gasteiger partial charge in [-0.3, -0.25) is 0 Å². The molecule has 4 aromatic rings. The molecule has 0 aromatic heterocycles. The number of nitrogen functional groups attached to an aromatic ring is 1. The van der Waals surface area contributed by atoms with E-state index in [1.807, 2.05) is 6.07 Å². The van der Waals surface area contributed by atoms with E-state index in [4.69, 9.17) is 5.73 Å². The van der Waals surface area contributed by atoms with Gasteiger partial charge < -0.3 is 10.6 Å². The maximum absolute atomic E-state index is 5.99. The molecule has 0 radical (unpaired) electrons. The summed E-state index contributed by atoms with van der Waals surface area (Å²) in [4.78, 5) is 2.30. The van der Waals surface area contributed by atoms with Crippen molar-refractivity contribution < 1.29 is 0 Å². The lowest BCUT2D eigenvalue weighted by molar-refractivity contribution is 1.23. The molecule has 0 spiro atoms. The first-order valence-corrected chi connectivity index (χ1v) is 9.21. The Morgan fingerprint density at radius 2 is 1.11 bits per heavy atom. The molecule has 2 nitrogen and oxygen atoms in total. The topological polar surface area (TPSA) is 29.3 Å². The fourth-order valence-corrected chi connectivity index (χ4v) is 3.96. The van der Waals surface area contributed by atoms with E-state index < -0.39 is 0 Å². The summed E-state index contributed by atoms with van der Waals surface area (Å²) in [5, 5.41) is 0. The number of hydrogen-bond acceptors (Lipinski definition) is 2. The lowest BCUT2D eigenvalue weighted by Gasteiger charge is -2.26. The van der Waals surface area contributed by atoms with E-state index in [9.17, 15) is 0 Å². The molecule has 1 aliphatic rings. The van der Waals surface area contributed by atoms with Gasteiger partial charge in [-0.2, -0.15) is 0 Å². The monoisotopic (exact) mass is 348 g/mol. The number of para-hydroxylation sites is 2. The lowest BCUT2D eigenvalue weighted by Crippen LogP contribution is -2.09. The van der Waals surface area contributed by atoms with Gasteiger partial charge in [0.2, 0.25) is 0 Å². The van der Waals surface area contributed by atoms with E-state index in [-0.39, 0.29) is 0 Å². The number of anilines is 4. The molecule has 130 valence electrons. The summed E-state index contributed by atoms with van der Waals surface area (Å²) in [6.45, 7) is 0. The minimum atomic E-state index is 0.831. The van der Waals surface area contributed by atoms with Gasteiger partial charge in [0.25, 0.3) is 0 Å². The fourth-order valence-electron chi connectivity index (χ4n) is 3.96. The highest BCUT2D eigenvalue weighted by molar-refractivity contribution is 5.83. The second kappa shape index (κ2) is 6.33. The van der Waals surface area contributed by atoms with Gasteiger partial charge in [-0.1, -0.05) is 48.5 Å². The van der Waals surface area contributed by atoms with E-state index in [0.717, 1.165) is 23.5 Å². The Hall–Kier alpha value is -3.52. The molecule has 0 amide bonds. The van der Waals surface area contributed by atoms with Crippen molar-refractivity contribution in [2.75, 3.05) is 10.6 Å². The van der Waals surface area contributed by atoms with Crippen LogP contribution < -0.4 is 10.6 Å². The van der Waals surface area contributed by atoms with Gasteiger partial charge in [0, 0.05) is 22.7 Å². The second-order valence-electron chi connectivity index (χ2n) is 6.94. The summed E-state index contributed by atoms with van der Waals surface area (Å²) >= 11 is 0. The molecular weight excluding hydrogens is 328 g/mol. The zero-order chi connectivity index (χ0) is 18.2. The molecular formula is C25H20N2. The molecule has 0 saturated carbocycles. The van der Waals surface area contributed by atoms with Crippen molar-refractivity contribution in [1.29, 1.82) is 0 Å². The van der Waals surface area contributed by atoms with Gasteiger partial charge in [0.05, 0.1) is 0 Å². The zero-order valence-corrected chi connectivity index (χ0v) is 15.0. The highest BCUT2D eigenvalue weighted by Crippen LogP contribution is 2.42. The molecule has 2 N–H and O–H groups in total. The van der Waals surface area contributed by atoms with E-state index in [2.05, 4.69) is 95.9 Å². The summed E-state index contributed by atoms with van der Waals surface area (Å²) in [7, 11) is 0. The van der Waals surface area contributed by atoms with Crippen molar-refractivity contribution in [3.8, 4) is 11.1 Å². The van der Waals surface area contributed by atoms with Crippen molar-refractivity contribution in [1.82, 2.24) is 0 Å². The Kier molecular flexibility index (Phi) is 3.68. The number of rotatable bonds is 3. The largest absolute Gasteiger partial charge is 0.399 e. The second-order valence-corrected chi connectivity index (χ2v) is 6.94. The summed E-state index contributed by atoms with van der Waals surface area (Å²) in [6, 6.07) is 34.0. The van der Waals surface area contributed by atoms with Crippen LogP contribution >= 0.6 is 0 Å². The molecule has 0 fully saturated rings. The van der Waals surface area contributed by atoms with Crippen LogP contribution in [0.5, 0.6) is 0 Å². The molecule has 0 saturated heterocycles. The van der Waals surface area contributed by atoms with Crippen LogP contribution in [-0.2, 0) is 6.42 Å². The van der Waals surface area contributed by atoms with Gasteiger partial charge in [0.15, 0.2) is 0 Å². The van der Waals surface area contributed by atoms with E-state index in [1.54, 1.807) is 0 Å². The van der Waals surface area contributed by atoms with Crippen LogP contribution in [0.15, 0.2) is 97.1 Å². The summed E-state index contributed by atoms with van der Waals surface area (Å²) in [6.07, 6.45) is 0.932. The molecule has 27 heavy (non-hydrogen) atoms. The Morgan fingerprint density at radius 1 is 0.556 bits per heavy atom. The van der Waals surface area contributed by atoms with Crippen LogP contribution in [0.2, 0.25) is 0 Å². The van der Waals surface area contributed by atoms with Crippen molar-refractivity contribution in [2.45, 2.75) is 6.42 Å². The Labute approximate surface area is 159 Å². The minimum absolute atomic E-state index is 0.831. The number of nitrogens with zero attached hydrogens (tertiary/aromatic N) is 1. The molecule has 0 unspecified atom stereocenters. The Morgan fingerprint density at radius 3 is 1.74 bits per heavy atom. The van der Waals surface area contributed by atoms with E-state index in [1.165, 1.54) is 27.9 Å². The minimum Gasteiger partial charge on any atom is -0.399 e. The number of fused-ring (bicyclic) bond motifs is 3. The number of nitrogens with two attached hydrogens (primary N) is 1. The zero-order valence-electron chi connectivity index (χ0n) is 15.0. The fraction of sp³-hybridized carbons (Fsp3) is 0.0400. The average molecular weight is 348 g/mol. The van der Waals surface area contributed by atoms with Crippen LogP contribution in [0.3, 0.4) is 0 Å². The summed E-state index contributed by atoms with van der Waals surface area (Å²) < 4.78 is 0. The van der Waals surface area contributed by atoms with Gasteiger partial charge in [0.1, 0.15) is 0 Å². The molecule has 1 aliphatic carbocycles. The maximum atomic E-state index is 5.99. The smallest absolute Gasteiger partial charge is 0.0464 e. The first kappa shape index (κ1) is 15.7. The molecule has 0 atom stereocenters. The normalized spacial score (nSPS) is 11.7. The molecule has 0 bridgehead atoms. The van der Waals surface area contributed by atoms with Crippen LogP contribution in [-0.4, -0.2) is 0 Å². The van der Waals surface area contributed by atoms with Crippen molar-refractivity contribution >= 4 is 22.7 Å². The van der Waals surface area contributed by atoms with Gasteiger partial charge in [-0.25, -0.2) is 0 Å². The number of benzene rings is 4. The summed E-state index contributed by atoms with van der Waals surface area (Å²) in [5.41, 5.74) is 15.6. The standard InChI is InChI=1S/C25H20N2/c26-20-11-13-24-18(16-20)15-19-17-23(12-14-25(19)24)27(21-7-3-1-4-8-21)22-9-5-2-6-10-22/h1-14,16-17H,15,26H2. The van der Waals surface area contributed by atoms with E-state index >= 15 is 0 Å². The third-order valence-electron chi connectivity index (χ3n) is 5.18. The maximum Gasteiger partial charge on any atom is 0.0464 e. The third-order valence-corrected chi connectivity index (χ3v) is 5.18. The molecule has 0 heterocycles.